The molecule has 4 heterocycles. The average Bonchev–Trinajstić information content (AvgIpc) is 3.45. The number of benzene rings is 1. The minimum atomic E-state index is -0.125. The van der Waals surface area contributed by atoms with E-state index in [-0.39, 0.29) is 11.6 Å². The molecule has 0 saturated carbocycles. The van der Waals surface area contributed by atoms with E-state index in [0.717, 1.165) is 56.1 Å². The van der Waals surface area contributed by atoms with Crippen molar-refractivity contribution in [1.29, 1.82) is 0 Å². The minimum Gasteiger partial charge on any atom is -0.337 e. The second kappa shape index (κ2) is 7.76. The topological polar surface area (TPSA) is 81.1 Å². The Labute approximate surface area is 169 Å². The molecule has 154 valence electrons. The monoisotopic (exact) mass is 396 g/mol. The van der Waals surface area contributed by atoms with E-state index in [0.29, 0.717) is 18.4 Å². The minimum absolute atomic E-state index is 0.125. The van der Waals surface area contributed by atoms with E-state index >= 15 is 0 Å². The number of para-hydroxylation sites is 2. The molecular formula is C21H28N6O2. The van der Waals surface area contributed by atoms with Gasteiger partial charge in [-0.05, 0) is 69.0 Å². The molecule has 2 aromatic heterocycles. The maximum Gasteiger partial charge on any atom is 0.336 e. The number of aryl methyl sites for hydroxylation is 1. The zero-order valence-electron chi connectivity index (χ0n) is 16.9. The quantitative estimate of drug-likeness (QED) is 0.710. The number of aromatic nitrogens is 4. The van der Waals surface area contributed by atoms with Gasteiger partial charge in [0, 0.05) is 19.6 Å². The Hall–Kier alpha value is -2.45. The van der Waals surface area contributed by atoms with Crippen LogP contribution in [-0.2, 0) is 6.54 Å². The van der Waals surface area contributed by atoms with Crippen molar-refractivity contribution >= 4 is 11.0 Å². The fourth-order valence-electron chi connectivity index (χ4n) is 4.82. The van der Waals surface area contributed by atoms with Gasteiger partial charge < -0.3 is 14.7 Å². The molecule has 0 amide bonds. The molecule has 0 radical (unpaired) electrons. The fourth-order valence-corrected chi connectivity index (χ4v) is 4.82. The van der Waals surface area contributed by atoms with Gasteiger partial charge in [0.2, 0.25) is 5.89 Å². The van der Waals surface area contributed by atoms with Crippen LogP contribution in [-0.4, -0.2) is 56.9 Å². The van der Waals surface area contributed by atoms with Crippen molar-refractivity contribution in [3.8, 4) is 5.95 Å². The van der Waals surface area contributed by atoms with Crippen molar-refractivity contribution in [2.45, 2.75) is 38.6 Å². The molecule has 2 saturated heterocycles. The van der Waals surface area contributed by atoms with Crippen molar-refractivity contribution in [2.75, 3.05) is 32.7 Å². The van der Waals surface area contributed by atoms with E-state index in [2.05, 4.69) is 20.4 Å². The lowest BCUT2D eigenvalue weighted by molar-refractivity contribution is 0.235. The lowest BCUT2D eigenvalue weighted by Gasteiger charge is -2.27. The second-order valence-corrected chi connectivity index (χ2v) is 8.22. The van der Waals surface area contributed by atoms with Crippen LogP contribution in [0.2, 0.25) is 0 Å². The van der Waals surface area contributed by atoms with Crippen LogP contribution in [0.5, 0.6) is 0 Å². The molecule has 2 fully saturated rings. The van der Waals surface area contributed by atoms with Gasteiger partial charge in [0.15, 0.2) is 0 Å². The summed E-state index contributed by atoms with van der Waals surface area (Å²) in [6.07, 6.45) is 3.55. The molecule has 1 aromatic carbocycles. The number of hydrogen-bond acceptors (Lipinski definition) is 6. The Morgan fingerprint density at radius 1 is 1.17 bits per heavy atom. The fraction of sp³-hybridized carbons (Fsp3) is 0.571. The van der Waals surface area contributed by atoms with E-state index in [1.54, 1.807) is 9.13 Å². The summed E-state index contributed by atoms with van der Waals surface area (Å²) in [6.45, 7) is 8.02. The van der Waals surface area contributed by atoms with Crippen LogP contribution >= 0.6 is 0 Å². The molecule has 1 atom stereocenters. The third-order valence-electron chi connectivity index (χ3n) is 6.38. The van der Waals surface area contributed by atoms with Gasteiger partial charge in [0.1, 0.15) is 0 Å². The van der Waals surface area contributed by atoms with Crippen LogP contribution in [0.4, 0.5) is 0 Å². The average molecular weight is 396 g/mol. The van der Waals surface area contributed by atoms with Crippen LogP contribution in [0.1, 0.15) is 38.0 Å². The molecule has 8 nitrogen and oxygen atoms in total. The van der Waals surface area contributed by atoms with Gasteiger partial charge in [0.05, 0.1) is 17.0 Å². The highest BCUT2D eigenvalue weighted by molar-refractivity contribution is 5.77. The number of piperidine rings is 1. The highest BCUT2D eigenvalue weighted by Gasteiger charge is 2.30. The Balaban J connectivity index is 1.36. The first-order valence-electron chi connectivity index (χ1n) is 10.7. The van der Waals surface area contributed by atoms with E-state index in [4.69, 9.17) is 4.52 Å². The molecule has 2 aliphatic heterocycles. The molecular weight excluding hydrogens is 368 g/mol. The maximum atomic E-state index is 12.9. The number of nitrogens with one attached hydrogen (secondary N) is 1. The summed E-state index contributed by atoms with van der Waals surface area (Å²) in [7, 11) is 0. The summed E-state index contributed by atoms with van der Waals surface area (Å²) in [5.74, 6) is 2.01. The normalized spacial score (nSPS) is 21.3. The molecule has 3 aromatic rings. The summed E-state index contributed by atoms with van der Waals surface area (Å²) < 4.78 is 8.92. The molecule has 1 unspecified atom stereocenters. The zero-order valence-corrected chi connectivity index (χ0v) is 16.9. The number of hydrogen-bond donors (Lipinski definition) is 1. The van der Waals surface area contributed by atoms with Gasteiger partial charge in [-0.15, -0.1) is 0 Å². The Bertz CT molecular complexity index is 1050. The van der Waals surface area contributed by atoms with Gasteiger partial charge in [-0.3, -0.25) is 4.57 Å². The maximum absolute atomic E-state index is 12.9. The van der Waals surface area contributed by atoms with Gasteiger partial charge in [-0.25, -0.2) is 9.36 Å². The molecule has 29 heavy (non-hydrogen) atoms. The summed E-state index contributed by atoms with van der Waals surface area (Å²) in [4.78, 5) is 20.1. The molecule has 0 bridgehead atoms. The molecule has 5 rings (SSSR count). The molecule has 0 spiro atoms. The van der Waals surface area contributed by atoms with Crippen LogP contribution in [0.25, 0.3) is 17.0 Å². The van der Waals surface area contributed by atoms with Crippen LogP contribution in [0.15, 0.2) is 33.6 Å². The largest absolute Gasteiger partial charge is 0.337 e. The Morgan fingerprint density at radius 2 is 1.97 bits per heavy atom. The van der Waals surface area contributed by atoms with Crippen LogP contribution in [0, 0.1) is 5.92 Å². The molecule has 2 aliphatic rings. The molecule has 0 aliphatic carbocycles. The Kier molecular flexibility index (Phi) is 4.97. The predicted molar refractivity (Wildman–Crippen MR) is 110 cm³/mol. The number of nitrogens with zero attached hydrogens (tertiary/aromatic N) is 5. The Morgan fingerprint density at radius 3 is 2.76 bits per heavy atom. The van der Waals surface area contributed by atoms with Gasteiger partial charge in [-0.1, -0.05) is 12.1 Å². The highest BCUT2D eigenvalue weighted by atomic mass is 16.5. The smallest absolute Gasteiger partial charge is 0.336 e. The highest BCUT2D eigenvalue weighted by Crippen LogP contribution is 2.28. The number of imidazole rings is 1. The SMILES string of the molecule is CCn1c(=O)n(-c2noc(C3CCN(CC4CCNCC4)C3)n2)c2ccccc21. The summed E-state index contributed by atoms with van der Waals surface area (Å²) >= 11 is 0. The van der Waals surface area contributed by atoms with Gasteiger partial charge in [-0.2, -0.15) is 4.98 Å². The summed E-state index contributed by atoms with van der Waals surface area (Å²) in [5, 5.41) is 7.60. The number of likely N-dealkylation sites (tertiary alicyclic amines) is 1. The van der Waals surface area contributed by atoms with Crippen molar-refractivity contribution in [1.82, 2.24) is 29.5 Å². The van der Waals surface area contributed by atoms with Crippen molar-refractivity contribution in [2.24, 2.45) is 5.92 Å². The number of rotatable bonds is 5. The van der Waals surface area contributed by atoms with E-state index < -0.39 is 0 Å². The third-order valence-corrected chi connectivity index (χ3v) is 6.38. The summed E-state index contributed by atoms with van der Waals surface area (Å²) in [5.41, 5.74) is 1.58. The van der Waals surface area contributed by atoms with E-state index in [1.807, 2.05) is 31.2 Å². The zero-order chi connectivity index (χ0) is 19.8. The van der Waals surface area contributed by atoms with Gasteiger partial charge in [0.25, 0.3) is 5.95 Å². The summed E-state index contributed by atoms with van der Waals surface area (Å²) in [6, 6.07) is 7.74. The lowest BCUT2D eigenvalue weighted by atomic mass is 9.98. The van der Waals surface area contributed by atoms with Crippen molar-refractivity contribution in [3.05, 3.63) is 40.6 Å². The van der Waals surface area contributed by atoms with E-state index in [1.165, 1.54) is 12.8 Å². The lowest BCUT2D eigenvalue weighted by Crippen LogP contribution is -2.35. The van der Waals surface area contributed by atoms with Gasteiger partial charge >= 0.3 is 5.69 Å². The van der Waals surface area contributed by atoms with Crippen molar-refractivity contribution in [3.63, 3.8) is 0 Å². The predicted octanol–water partition coefficient (Wildman–Crippen LogP) is 1.98. The van der Waals surface area contributed by atoms with Crippen molar-refractivity contribution < 1.29 is 4.52 Å². The number of fused-ring (bicyclic) bond motifs is 1. The third kappa shape index (κ3) is 3.40. The van der Waals surface area contributed by atoms with Crippen LogP contribution < -0.4 is 11.0 Å². The standard InChI is InChI=1S/C21H28N6O2/c1-2-26-17-5-3-4-6-18(17)27(21(26)28)20-23-19(29-24-20)16-9-12-25(14-16)13-15-7-10-22-11-8-15/h3-6,15-16,22H,2,7-14H2,1H3. The van der Waals surface area contributed by atoms with Crippen LogP contribution in [0.3, 0.4) is 0 Å². The molecule has 1 N–H and O–H groups in total. The first kappa shape index (κ1) is 18.6. The second-order valence-electron chi connectivity index (χ2n) is 8.22. The molecule has 8 heteroatoms. The first-order chi connectivity index (χ1) is 14.2. The first-order valence-corrected chi connectivity index (χ1v) is 10.7. The van der Waals surface area contributed by atoms with E-state index in [9.17, 15) is 4.79 Å².